The van der Waals surface area contributed by atoms with E-state index in [9.17, 15) is 9.59 Å². The normalized spacial score (nSPS) is 10.2. The van der Waals surface area contributed by atoms with Gasteiger partial charge in [0.2, 0.25) is 5.91 Å². The lowest BCUT2D eigenvalue weighted by atomic mass is 10.2. The van der Waals surface area contributed by atoms with Crippen LogP contribution in [0.1, 0.15) is 50.4 Å². The monoisotopic (exact) mass is 320 g/mol. The highest BCUT2D eigenvalue weighted by atomic mass is 16.5. The first kappa shape index (κ1) is 19.0. The lowest BCUT2D eigenvalue weighted by molar-refractivity contribution is -0.129. The number of anilines is 1. The predicted molar refractivity (Wildman–Crippen MR) is 92.7 cm³/mol. The minimum atomic E-state index is -0.313. The van der Waals surface area contributed by atoms with Crippen molar-refractivity contribution >= 4 is 17.6 Å². The maximum absolute atomic E-state index is 12.2. The molecule has 0 aromatic heterocycles. The van der Waals surface area contributed by atoms with E-state index in [2.05, 4.69) is 19.2 Å². The molecule has 0 aliphatic rings. The Morgan fingerprint density at radius 2 is 1.61 bits per heavy atom. The van der Waals surface area contributed by atoms with Crippen molar-refractivity contribution in [3.63, 3.8) is 0 Å². The molecule has 0 bridgehead atoms. The first-order valence-corrected chi connectivity index (χ1v) is 8.41. The summed E-state index contributed by atoms with van der Waals surface area (Å²) in [4.78, 5) is 25.8. The maximum atomic E-state index is 12.2. The second kappa shape index (κ2) is 10.6. The Balaban J connectivity index is 2.51. The first-order valence-electron chi connectivity index (χ1n) is 8.41. The number of nitrogens with zero attached hydrogens (tertiary/aromatic N) is 1. The largest absolute Gasteiger partial charge is 0.462 e. The molecule has 5 nitrogen and oxygen atoms in total. The second-order valence-corrected chi connectivity index (χ2v) is 5.45. The van der Waals surface area contributed by atoms with E-state index in [0.29, 0.717) is 12.2 Å². The smallest absolute Gasteiger partial charge is 0.338 e. The maximum Gasteiger partial charge on any atom is 0.338 e. The number of esters is 1. The molecule has 1 aromatic rings. The van der Waals surface area contributed by atoms with Crippen LogP contribution in [-0.4, -0.2) is 43.0 Å². The third kappa shape index (κ3) is 6.72. The van der Waals surface area contributed by atoms with Crippen LogP contribution in [0.2, 0.25) is 0 Å². The average molecular weight is 320 g/mol. The Morgan fingerprint density at radius 3 is 2.13 bits per heavy atom. The fourth-order valence-electron chi connectivity index (χ4n) is 2.19. The van der Waals surface area contributed by atoms with Gasteiger partial charge in [-0.2, -0.15) is 0 Å². The fraction of sp³-hybridized carbons (Fsp3) is 0.556. The van der Waals surface area contributed by atoms with Gasteiger partial charge in [0.05, 0.1) is 18.7 Å². The number of benzene rings is 1. The predicted octanol–water partition coefficient (Wildman–Crippen LogP) is 3.31. The summed E-state index contributed by atoms with van der Waals surface area (Å²) in [5.74, 6) is -0.216. The molecule has 1 amide bonds. The number of rotatable bonds is 10. The van der Waals surface area contributed by atoms with Crippen LogP contribution < -0.4 is 5.32 Å². The van der Waals surface area contributed by atoms with Crippen LogP contribution in [0.5, 0.6) is 0 Å². The SMILES string of the molecule is CCCOC(=O)c1ccc(NCC(=O)N(CCC)CCC)cc1. The number of hydrogen-bond acceptors (Lipinski definition) is 4. The van der Waals surface area contributed by atoms with E-state index in [0.717, 1.165) is 38.0 Å². The van der Waals surface area contributed by atoms with Gasteiger partial charge in [-0.15, -0.1) is 0 Å². The van der Waals surface area contributed by atoms with E-state index in [1.807, 2.05) is 11.8 Å². The van der Waals surface area contributed by atoms with Gasteiger partial charge in [-0.1, -0.05) is 20.8 Å². The summed E-state index contributed by atoms with van der Waals surface area (Å²) in [5.41, 5.74) is 1.34. The lowest BCUT2D eigenvalue weighted by Gasteiger charge is -2.21. The third-order valence-corrected chi connectivity index (χ3v) is 3.34. The zero-order valence-corrected chi connectivity index (χ0v) is 14.4. The molecule has 23 heavy (non-hydrogen) atoms. The van der Waals surface area contributed by atoms with Crippen LogP contribution in [0.4, 0.5) is 5.69 Å². The Hall–Kier alpha value is -2.04. The van der Waals surface area contributed by atoms with Crippen molar-refractivity contribution in [1.82, 2.24) is 4.90 Å². The number of carbonyl (C=O) groups is 2. The molecule has 0 saturated carbocycles. The lowest BCUT2D eigenvalue weighted by Crippen LogP contribution is -2.36. The van der Waals surface area contributed by atoms with Crippen molar-refractivity contribution in [2.24, 2.45) is 0 Å². The Labute approximate surface area is 139 Å². The molecule has 5 heteroatoms. The van der Waals surface area contributed by atoms with Crippen LogP contribution in [0.25, 0.3) is 0 Å². The summed E-state index contributed by atoms with van der Waals surface area (Å²) in [6.45, 7) is 8.36. The summed E-state index contributed by atoms with van der Waals surface area (Å²) in [6, 6.07) is 7.00. The van der Waals surface area contributed by atoms with Gasteiger partial charge in [-0.25, -0.2) is 4.79 Å². The molecule has 128 valence electrons. The molecule has 0 saturated heterocycles. The molecule has 0 atom stereocenters. The molecule has 0 unspecified atom stereocenters. The molecule has 0 radical (unpaired) electrons. The number of ether oxygens (including phenoxy) is 1. The van der Waals surface area contributed by atoms with Crippen molar-refractivity contribution < 1.29 is 14.3 Å². The van der Waals surface area contributed by atoms with Crippen LogP contribution in [0, 0.1) is 0 Å². The summed E-state index contributed by atoms with van der Waals surface area (Å²) in [6.07, 6.45) is 2.72. The van der Waals surface area contributed by atoms with Crippen LogP contribution >= 0.6 is 0 Å². The van der Waals surface area contributed by atoms with E-state index in [1.54, 1.807) is 24.3 Å². The molecule has 0 aliphatic heterocycles. The Bertz CT molecular complexity index is 480. The van der Waals surface area contributed by atoms with E-state index in [1.165, 1.54) is 0 Å². The topological polar surface area (TPSA) is 58.6 Å². The van der Waals surface area contributed by atoms with Gasteiger partial charge in [0.15, 0.2) is 0 Å². The van der Waals surface area contributed by atoms with Crippen LogP contribution in [-0.2, 0) is 9.53 Å². The standard InChI is InChI=1S/C18H28N2O3/c1-4-11-20(12-5-2)17(21)14-19-16-9-7-15(8-10-16)18(22)23-13-6-3/h7-10,19H,4-6,11-14H2,1-3H3. The minimum Gasteiger partial charge on any atom is -0.462 e. The minimum absolute atomic E-state index is 0.0973. The van der Waals surface area contributed by atoms with E-state index in [4.69, 9.17) is 4.74 Å². The Kier molecular flexibility index (Phi) is 8.80. The molecular formula is C18H28N2O3. The molecule has 0 spiro atoms. The van der Waals surface area contributed by atoms with Crippen molar-refractivity contribution in [3.8, 4) is 0 Å². The number of nitrogens with one attached hydrogen (secondary N) is 1. The first-order chi connectivity index (χ1) is 11.1. The fourth-order valence-corrected chi connectivity index (χ4v) is 2.19. The summed E-state index contributed by atoms with van der Waals surface area (Å²) >= 11 is 0. The summed E-state index contributed by atoms with van der Waals surface area (Å²) in [5, 5.41) is 3.11. The van der Waals surface area contributed by atoms with E-state index >= 15 is 0 Å². The Morgan fingerprint density at radius 1 is 1.00 bits per heavy atom. The van der Waals surface area contributed by atoms with Crippen molar-refractivity contribution in [2.75, 3.05) is 31.6 Å². The molecule has 0 aliphatic carbocycles. The highest BCUT2D eigenvalue weighted by molar-refractivity contribution is 5.90. The number of amides is 1. The summed E-state index contributed by atoms with van der Waals surface area (Å²) < 4.78 is 5.08. The van der Waals surface area contributed by atoms with Gasteiger partial charge < -0.3 is 15.0 Å². The molecule has 1 aromatic carbocycles. The highest BCUT2D eigenvalue weighted by Crippen LogP contribution is 2.11. The quantitative estimate of drug-likeness (QED) is 0.672. The molecule has 0 fully saturated rings. The number of hydrogen-bond donors (Lipinski definition) is 1. The van der Waals surface area contributed by atoms with Crippen molar-refractivity contribution in [3.05, 3.63) is 29.8 Å². The second-order valence-electron chi connectivity index (χ2n) is 5.45. The van der Waals surface area contributed by atoms with Gasteiger partial charge in [0, 0.05) is 18.8 Å². The van der Waals surface area contributed by atoms with Gasteiger partial charge in [-0.3, -0.25) is 4.79 Å². The number of carbonyl (C=O) groups excluding carboxylic acids is 2. The van der Waals surface area contributed by atoms with Gasteiger partial charge in [-0.05, 0) is 43.5 Å². The molecule has 0 heterocycles. The van der Waals surface area contributed by atoms with Crippen molar-refractivity contribution in [2.45, 2.75) is 40.0 Å². The molecule has 1 rings (SSSR count). The average Bonchev–Trinajstić information content (AvgIpc) is 2.57. The zero-order valence-electron chi connectivity index (χ0n) is 14.4. The van der Waals surface area contributed by atoms with Crippen molar-refractivity contribution in [1.29, 1.82) is 0 Å². The van der Waals surface area contributed by atoms with E-state index in [-0.39, 0.29) is 18.4 Å². The van der Waals surface area contributed by atoms with Gasteiger partial charge >= 0.3 is 5.97 Å². The van der Waals surface area contributed by atoms with Crippen LogP contribution in [0.3, 0.4) is 0 Å². The molecular weight excluding hydrogens is 292 g/mol. The summed E-state index contributed by atoms with van der Waals surface area (Å²) in [7, 11) is 0. The van der Waals surface area contributed by atoms with Gasteiger partial charge in [0.1, 0.15) is 0 Å². The van der Waals surface area contributed by atoms with E-state index < -0.39 is 0 Å². The molecule has 1 N–H and O–H groups in total. The van der Waals surface area contributed by atoms with Gasteiger partial charge in [0.25, 0.3) is 0 Å². The van der Waals surface area contributed by atoms with Crippen LogP contribution in [0.15, 0.2) is 24.3 Å². The third-order valence-electron chi connectivity index (χ3n) is 3.34. The zero-order chi connectivity index (χ0) is 17.1. The highest BCUT2D eigenvalue weighted by Gasteiger charge is 2.11.